The van der Waals surface area contributed by atoms with Gasteiger partial charge in [-0.1, -0.05) is 164 Å². The summed E-state index contributed by atoms with van der Waals surface area (Å²) in [7, 11) is 0. The van der Waals surface area contributed by atoms with Crippen LogP contribution in [0.4, 0.5) is 34.1 Å². The van der Waals surface area contributed by atoms with Crippen molar-refractivity contribution in [3.8, 4) is 22.3 Å². The van der Waals surface area contributed by atoms with Gasteiger partial charge in [-0.3, -0.25) is 0 Å². The highest BCUT2D eigenvalue weighted by Gasteiger charge is 2.46. The third kappa shape index (κ3) is 5.57. The van der Waals surface area contributed by atoms with Gasteiger partial charge in [-0.15, -0.1) is 45.3 Å². The van der Waals surface area contributed by atoms with Crippen molar-refractivity contribution in [2.75, 3.05) is 9.80 Å². The van der Waals surface area contributed by atoms with Gasteiger partial charge in [-0.2, -0.15) is 0 Å². The molecule has 4 aromatic heterocycles. The molecule has 0 unspecified atom stereocenters. The first kappa shape index (κ1) is 40.5. The number of rotatable bonds is 4. The lowest BCUT2D eigenvalue weighted by Gasteiger charge is -2.45. The van der Waals surface area contributed by atoms with E-state index in [1.165, 1.54) is 153 Å². The third-order valence-corrected chi connectivity index (χ3v) is 20.3. The molecule has 7 heteroatoms. The van der Waals surface area contributed by atoms with Crippen molar-refractivity contribution in [1.82, 2.24) is 0 Å². The molecule has 2 nitrogen and oxygen atoms in total. The van der Waals surface area contributed by atoms with E-state index in [0.29, 0.717) is 0 Å². The van der Waals surface area contributed by atoms with E-state index in [9.17, 15) is 0 Å². The normalized spacial score (nSPS) is 13.1. The molecule has 0 aliphatic carbocycles. The average molecular weight is 997 g/mol. The molecule has 0 saturated heterocycles. The van der Waals surface area contributed by atoms with Crippen LogP contribution in [0.1, 0.15) is 0 Å². The molecule has 0 amide bonds. The van der Waals surface area contributed by atoms with Gasteiger partial charge in [-0.05, 0) is 88.2 Å². The molecule has 2 aliphatic heterocycles. The molecule has 11 aromatic carbocycles. The summed E-state index contributed by atoms with van der Waals surface area (Å²) in [5, 5.41) is 10.4. The van der Waals surface area contributed by atoms with Crippen LogP contribution in [0.2, 0.25) is 0 Å². The van der Waals surface area contributed by atoms with Crippen molar-refractivity contribution in [2.45, 2.75) is 0 Å². The van der Waals surface area contributed by atoms with Gasteiger partial charge >= 0.3 is 0 Å². The van der Waals surface area contributed by atoms with Gasteiger partial charge < -0.3 is 9.80 Å². The Morgan fingerprint density at radius 2 is 0.671 bits per heavy atom. The van der Waals surface area contributed by atoms with Crippen molar-refractivity contribution >= 4 is 183 Å². The zero-order valence-electron chi connectivity index (χ0n) is 39.0. The second kappa shape index (κ2) is 15.2. The van der Waals surface area contributed by atoms with Crippen LogP contribution < -0.4 is 26.2 Å². The van der Waals surface area contributed by atoms with Crippen molar-refractivity contribution in [3.05, 3.63) is 224 Å². The molecular weight excluding hydrogens is 960 g/mol. The van der Waals surface area contributed by atoms with E-state index in [4.69, 9.17) is 0 Å². The van der Waals surface area contributed by atoms with E-state index in [0.717, 1.165) is 0 Å². The quantitative estimate of drug-likeness (QED) is 0.162. The summed E-state index contributed by atoms with van der Waals surface area (Å²) in [6.07, 6.45) is 0. The minimum atomic E-state index is -0.0590. The largest absolute Gasteiger partial charge is 0.310 e. The summed E-state index contributed by atoms with van der Waals surface area (Å²) < 4.78 is 10.4. The SMILES string of the molecule is c1ccc(-c2c(N3c4cccc5c4B(c4ccc6sc7ccccc7c6c43)c3ccc4sc6ccccc6c4c3N5c3ccc4c(sc5ccccc54)c3-c3ccccc3)ccc3c2sc2ccccc23)cc1. The molecule has 2 aliphatic rings. The van der Waals surface area contributed by atoms with Crippen molar-refractivity contribution in [2.24, 2.45) is 0 Å². The summed E-state index contributed by atoms with van der Waals surface area (Å²) in [4.78, 5) is 5.38. The Labute approximate surface area is 436 Å². The lowest BCUT2D eigenvalue weighted by molar-refractivity contribution is 1.27. The first-order valence-corrected chi connectivity index (χ1v) is 28.1. The Balaban J connectivity index is 1.05. The molecule has 17 rings (SSSR count). The van der Waals surface area contributed by atoms with Gasteiger partial charge in [0.15, 0.2) is 0 Å². The van der Waals surface area contributed by atoms with Crippen LogP contribution in [0, 0.1) is 0 Å². The fraction of sp³-hybridized carbons (Fsp3) is 0. The summed E-state index contributed by atoms with van der Waals surface area (Å²) in [5.74, 6) is 0. The zero-order valence-corrected chi connectivity index (χ0v) is 42.2. The van der Waals surface area contributed by atoms with Crippen LogP contribution in [-0.4, -0.2) is 6.71 Å². The highest BCUT2D eigenvalue weighted by atomic mass is 32.1. The Bertz CT molecular complexity index is 4530. The molecule has 0 N–H and O–H groups in total. The topological polar surface area (TPSA) is 6.48 Å². The molecule has 338 valence electrons. The Morgan fingerprint density at radius 1 is 0.274 bits per heavy atom. The van der Waals surface area contributed by atoms with Crippen LogP contribution in [-0.2, 0) is 0 Å². The molecule has 0 bridgehead atoms. The molecule has 0 fully saturated rings. The number of thiophene rings is 4. The molecule has 0 radical (unpaired) electrons. The predicted octanol–water partition coefficient (Wildman–Crippen LogP) is 18.6. The molecule has 73 heavy (non-hydrogen) atoms. The third-order valence-electron chi connectivity index (χ3n) is 15.7. The first-order valence-electron chi connectivity index (χ1n) is 24.9. The van der Waals surface area contributed by atoms with Gasteiger partial charge in [0.25, 0.3) is 6.71 Å². The van der Waals surface area contributed by atoms with E-state index in [-0.39, 0.29) is 6.71 Å². The molecule has 0 atom stereocenters. The van der Waals surface area contributed by atoms with Crippen LogP contribution in [0.3, 0.4) is 0 Å². The number of anilines is 6. The maximum Gasteiger partial charge on any atom is 0.252 e. The molecular formula is C66H37BN2S4. The highest BCUT2D eigenvalue weighted by Crippen LogP contribution is 2.56. The fourth-order valence-electron chi connectivity index (χ4n) is 12.7. The van der Waals surface area contributed by atoms with Crippen molar-refractivity contribution in [3.63, 3.8) is 0 Å². The van der Waals surface area contributed by atoms with Gasteiger partial charge in [0.05, 0.1) is 22.7 Å². The number of nitrogens with zero attached hydrogens (tertiary/aromatic N) is 2. The van der Waals surface area contributed by atoms with Crippen molar-refractivity contribution < 1.29 is 0 Å². The van der Waals surface area contributed by atoms with Gasteiger partial charge in [0.1, 0.15) is 0 Å². The summed E-state index contributed by atoms with van der Waals surface area (Å²) in [6, 6.07) is 84.9. The summed E-state index contributed by atoms with van der Waals surface area (Å²) >= 11 is 7.63. The number of benzene rings is 11. The van der Waals surface area contributed by atoms with E-state index in [1.807, 2.05) is 45.3 Å². The fourth-order valence-corrected chi connectivity index (χ4v) is 17.5. The second-order valence-electron chi connectivity index (χ2n) is 19.4. The molecule has 0 saturated carbocycles. The van der Waals surface area contributed by atoms with E-state index >= 15 is 0 Å². The van der Waals surface area contributed by atoms with Crippen LogP contribution in [0.25, 0.3) is 103 Å². The summed E-state index contributed by atoms with van der Waals surface area (Å²) in [5.41, 5.74) is 16.3. The Kier molecular flexibility index (Phi) is 8.47. The maximum atomic E-state index is 2.69. The van der Waals surface area contributed by atoms with Gasteiger partial charge in [-0.25, -0.2) is 0 Å². The second-order valence-corrected chi connectivity index (χ2v) is 23.6. The standard InChI is InChI=1S/C66H37BN2S4/c1-3-16-38(17-4-1)58-48(34-30-42-40-20-7-11-26-52(40)72-65(42)58)68-50-24-15-25-51-62(50)67(46-32-36-56-60(63(46)68)44-22-9-13-28-54(44)70-56)47-33-37-57-61(45-23-10-14-29-55(45)71-57)64(47)69(51)49-35-31-43-41-21-8-12-27-53(41)73-66(43)59(49)39-18-5-2-6-19-39/h1-37H. The number of fused-ring (bicyclic) bond motifs is 18. The van der Waals surface area contributed by atoms with Gasteiger partial charge in [0, 0.05) is 103 Å². The summed E-state index contributed by atoms with van der Waals surface area (Å²) in [6.45, 7) is -0.0590. The zero-order chi connectivity index (χ0) is 47.5. The van der Waals surface area contributed by atoms with Crippen LogP contribution >= 0.6 is 45.3 Å². The maximum absolute atomic E-state index is 2.69. The van der Waals surface area contributed by atoms with Crippen molar-refractivity contribution in [1.29, 1.82) is 0 Å². The number of hydrogen-bond donors (Lipinski definition) is 0. The van der Waals surface area contributed by atoms with E-state index in [2.05, 4.69) is 234 Å². The lowest BCUT2D eigenvalue weighted by atomic mass is 9.33. The van der Waals surface area contributed by atoms with Crippen LogP contribution in [0.5, 0.6) is 0 Å². The van der Waals surface area contributed by atoms with E-state index in [1.54, 1.807) is 0 Å². The predicted molar refractivity (Wildman–Crippen MR) is 323 cm³/mol. The molecule has 0 spiro atoms. The average Bonchev–Trinajstić information content (AvgIpc) is 4.26. The number of hydrogen-bond acceptors (Lipinski definition) is 6. The van der Waals surface area contributed by atoms with Gasteiger partial charge in [0.2, 0.25) is 0 Å². The first-order chi connectivity index (χ1) is 36.2. The molecule has 6 heterocycles. The van der Waals surface area contributed by atoms with Crippen LogP contribution in [0.15, 0.2) is 224 Å². The lowest BCUT2D eigenvalue weighted by Crippen LogP contribution is -2.61. The van der Waals surface area contributed by atoms with E-state index < -0.39 is 0 Å². The minimum Gasteiger partial charge on any atom is -0.310 e. The smallest absolute Gasteiger partial charge is 0.252 e. The Hall–Kier alpha value is -8.04. The Morgan fingerprint density at radius 3 is 1.12 bits per heavy atom. The highest BCUT2D eigenvalue weighted by molar-refractivity contribution is 7.27. The monoisotopic (exact) mass is 996 g/mol. The minimum absolute atomic E-state index is 0.0590. The molecule has 15 aromatic rings.